The molecule has 3 heterocycles. The van der Waals surface area contributed by atoms with Crippen LogP contribution in [0.5, 0.6) is 0 Å². The number of hydrogen-bond donors (Lipinski definition) is 0. The van der Waals surface area contributed by atoms with E-state index in [-0.39, 0.29) is 24.0 Å². The van der Waals surface area contributed by atoms with Gasteiger partial charge in [0.2, 0.25) is 5.82 Å². The van der Waals surface area contributed by atoms with Crippen molar-refractivity contribution in [2.75, 3.05) is 0 Å². The molecule has 0 unspecified atom stereocenters. The SMILES string of the molecule is Brc1ccc(-c2n(-c3ccccn3)c3ccccc3[n+]2-c2ccccn2)cc1.[I-]. The van der Waals surface area contributed by atoms with Crippen LogP contribution in [0.3, 0.4) is 0 Å². The van der Waals surface area contributed by atoms with Crippen LogP contribution in [0, 0.1) is 0 Å². The number of fused-ring (bicyclic) bond motifs is 1. The highest BCUT2D eigenvalue weighted by Gasteiger charge is 2.27. The standard InChI is InChI=1S/C23H16BrN4.HI/c24-18-13-11-17(12-14-18)23-27(21-9-3-5-15-25-21)19-7-1-2-8-20(19)28(23)22-10-4-6-16-26-22;/h1-16H;1H/q+1;/p-1. The van der Waals surface area contributed by atoms with Crippen molar-refractivity contribution in [1.29, 1.82) is 0 Å². The Kier molecular flexibility index (Phi) is 5.73. The molecule has 0 bridgehead atoms. The highest BCUT2D eigenvalue weighted by Crippen LogP contribution is 2.28. The molecule has 0 aliphatic heterocycles. The lowest BCUT2D eigenvalue weighted by atomic mass is 10.2. The Bertz CT molecular complexity index is 1180. The molecule has 3 aromatic heterocycles. The molecule has 0 saturated heterocycles. The molecule has 6 heteroatoms. The topological polar surface area (TPSA) is 34.6 Å². The van der Waals surface area contributed by atoms with Crippen molar-refractivity contribution in [3.63, 3.8) is 0 Å². The number of pyridine rings is 2. The highest BCUT2D eigenvalue weighted by atomic mass is 127. The Morgan fingerprint density at radius 2 is 1.41 bits per heavy atom. The Hall–Kier alpha value is -2.58. The summed E-state index contributed by atoms with van der Waals surface area (Å²) < 4.78 is 5.42. The summed E-state index contributed by atoms with van der Waals surface area (Å²) >= 11 is 3.54. The second kappa shape index (κ2) is 8.42. The van der Waals surface area contributed by atoms with Crippen molar-refractivity contribution in [1.82, 2.24) is 14.5 Å². The molecule has 0 saturated carbocycles. The minimum atomic E-state index is 0. The molecular weight excluding hydrogens is 539 g/mol. The van der Waals surface area contributed by atoms with E-state index in [2.05, 4.69) is 83.6 Å². The zero-order valence-corrected chi connectivity index (χ0v) is 19.0. The average molecular weight is 555 g/mol. The summed E-state index contributed by atoms with van der Waals surface area (Å²) in [6.45, 7) is 0. The molecule has 29 heavy (non-hydrogen) atoms. The maximum atomic E-state index is 4.63. The number of benzene rings is 2. The molecule has 0 radical (unpaired) electrons. The monoisotopic (exact) mass is 554 g/mol. The lowest BCUT2D eigenvalue weighted by Gasteiger charge is -2.06. The molecule has 0 aliphatic carbocycles. The van der Waals surface area contributed by atoms with Gasteiger partial charge < -0.3 is 24.0 Å². The van der Waals surface area contributed by atoms with Gasteiger partial charge in [-0.25, -0.2) is 9.55 Å². The summed E-state index contributed by atoms with van der Waals surface area (Å²) in [6, 6.07) is 28.6. The van der Waals surface area contributed by atoms with Gasteiger partial charge in [-0.2, -0.15) is 4.57 Å². The Morgan fingerprint density at radius 1 is 0.724 bits per heavy atom. The van der Waals surface area contributed by atoms with Crippen LogP contribution >= 0.6 is 15.9 Å². The molecule has 5 aromatic rings. The van der Waals surface area contributed by atoms with E-state index in [4.69, 9.17) is 0 Å². The minimum Gasteiger partial charge on any atom is -1.00 e. The fraction of sp³-hybridized carbons (Fsp3) is 0. The number of rotatable bonds is 3. The molecule has 0 spiro atoms. The number of imidazole rings is 1. The van der Waals surface area contributed by atoms with Gasteiger partial charge in [-0.1, -0.05) is 40.2 Å². The summed E-state index contributed by atoms with van der Waals surface area (Å²) in [5, 5.41) is 0. The molecule has 2 aromatic carbocycles. The first-order valence-corrected chi connectivity index (χ1v) is 9.76. The zero-order valence-electron chi connectivity index (χ0n) is 15.3. The molecule has 0 N–H and O–H groups in total. The van der Waals surface area contributed by atoms with Gasteiger partial charge in [-0.05, 0) is 54.6 Å². The van der Waals surface area contributed by atoms with E-state index in [9.17, 15) is 0 Å². The van der Waals surface area contributed by atoms with Crippen LogP contribution in [0.25, 0.3) is 34.1 Å². The molecule has 142 valence electrons. The molecule has 5 rings (SSSR count). The fourth-order valence-electron chi connectivity index (χ4n) is 3.46. The van der Waals surface area contributed by atoms with Gasteiger partial charge in [0.25, 0.3) is 5.82 Å². The number of para-hydroxylation sites is 2. The van der Waals surface area contributed by atoms with Gasteiger partial charge in [0.15, 0.2) is 5.82 Å². The number of hydrogen-bond acceptors (Lipinski definition) is 2. The van der Waals surface area contributed by atoms with E-state index in [1.807, 2.05) is 48.8 Å². The largest absolute Gasteiger partial charge is 1.00 e. The smallest absolute Gasteiger partial charge is 0.267 e. The third-order valence-corrected chi connectivity index (χ3v) is 5.17. The van der Waals surface area contributed by atoms with Gasteiger partial charge in [-0.15, -0.1) is 4.98 Å². The van der Waals surface area contributed by atoms with Crippen LogP contribution in [0.15, 0.2) is 102 Å². The molecule has 0 fully saturated rings. The van der Waals surface area contributed by atoms with Gasteiger partial charge in [0.05, 0.1) is 0 Å². The number of halogens is 2. The zero-order chi connectivity index (χ0) is 18.9. The van der Waals surface area contributed by atoms with E-state index >= 15 is 0 Å². The van der Waals surface area contributed by atoms with E-state index < -0.39 is 0 Å². The quantitative estimate of drug-likeness (QED) is 0.253. The lowest BCUT2D eigenvalue weighted by Crippen LogP contribution is -3.00. The van der Waals surface area contributed by atoms with Crippen LogP contribution in [0.1, 0.15) is 0 Å². The van der Waals surface area contributed by atoms with Crippen molar-refractivity contribution in [3.05, 3.63) is 102 Å². The normalized spacial score (nSPS) is 10.7. The van der Waals surface area contributed by atoms with Gasteiger partial charge in [0, 0.05) is 22.3 Å². The van der Waals surface area contributed by atoms with Crippen molar-refractivity contribution in [2.24, 2.45) is 0 Å². The van der Waals surface area contributed by atoms with Crippen molar-refractivity contribution >= 4 is 27.0 Å². The van der Waals surface area contributed by atoms with Gasteiger partial charge in [-0.3, -0.25) is 0 Å². The van der Waals surface area contributed by atoms with Crippen LogP contribution in [-0.4, -0.2) is 14.5 Å². The molecule has 4 nitrogen and oxygen atoms in total. The molecule has 0 atom stereocenters. The first-order valence-electron chi connectivity index (χ1n) is 8.97. The molecular formula is C23H16BrIN4. The Labute approximate surface area is 194 Å². The summed E-state index contributed by atoms with van der Waals surface area (Å²) in [7, 11) is 0. The summed E-state index contributed by atoms with van der Waals surface area (Å²) in [5.41, 5.74) is 3.23. The third kappa shape index (κ3) is 3.58. The van der Waals surface area contributed by atoms with E-state index in [1.165, 1.54) is 0 Å². The second-order valence-corrected chi connectivity index (χ2v) is 7.28. The predicted molar refractivity (Wildman–Crippen MR) is 114 cm³/mol. The lowest BCUT2D eigenvalue weighted by molar-refractivity contribution is -0.559. The maximum Gasteiger partial charge on any atom is 0.267 e. The maximum absolute atomic E-state index is 4.63. The number of nitrogens with zero attached hydrogens (tertiary/aromatic N) is 4. The van der Waals surface area contributed by atoms with Crippen LogP contribution < -0.4 is 28.5 Å². The summed E-state index contributed by atoms with van der Waals surface area (Å²) in [4.78, 5) is 9.26. The first kappa shape index (κ1) is 19.7. The van der Waals surface area contributed by atoms with E-state index in [0.717, 1.165) is 38.5 Å². The number of aromatic nitrogens is 4. The van der Waals surface area contributed by atoms with Crippen LogP contribution in [0.2, 0.25) is 0 Å². The van der Waals surface area contributed by atoms with E-state index in [1.54, 1.807) is 0 Å². The summed E-state index contributed by atoms with van der Waals surface area (Å²) in [6.07, 6.45) is 3.64. The Balaban J connectivity index is 0.00000205. The molecule has 0 amide bonds. The third-order valence-electron chi connectivity index (χ3n) is 4.65. The van der Waals surface area contributed by atoms with Crippen molar-refractivity contribution in [3.8, 4) is 23.0 Å². The fourth-order valence-corrected chi connectivity index (χ4v) is 3.73. The predicted octanol–water partition coefficient (Wildman–Crippen LogP) is 2.13. The van der Waals surface area contributed by atoms with Gasteiger partial charge in [0.1, 0.15) is 17.2 Å². The van der Waals surface area contributed by atoms with Crippen LogP contribution in [0.4, 0.5) is 0 Å². The molecule has 0 aliphatic rings. The summed E-state index contributed by atoms with van der Waals surface area (Å²) in [5.74, 6) is 2.74. The average Bonchev–Trinajstić information content (AvgIpc) is 3.11. The van der Waals surface area contributed by atoms with Crippen molar-refractivity contribution in [2.45, 2.75) is 0 Å². The Morgan fingerprint density at radius 3 is 2.10 bits per heavy atom. The first-order chi connectivity index (χ1) is 13.8. The highest BCUT2D eigenvalue weighted by molar-refractivity contribution is 9.10. The minimum absolute atomic E-state index is 0. The van der Waals surface area contributed by atoms with E-state index in [0.29, 0.717) is 0 Å². The van der Waals surface area contributed by atoms with Crippen molar-refractivity contribution < 1.29 is 28.5 Å². The van der Waals surface area contributed by atoms with Gasteiger partial charge >= 0.3 is 0 Å². The van der Waals surface area contributed by atoms with Crippen LogP contribution in [-0.2, 0) is 0 Å². The second-order valence-electron chi connectivity index (χ2n) is 6.37.